The molecule has 3 heterocycles. The summed E-state index contributed by atoms with van der Waals surface area (Å²) in [4.78, 5) is 23.6. The summed E-state index contributed by atoms with van der Waals surface area (Å²) in [5, 5.41) is 0.212. The molecule has 9 heteroatoms. The quantitative estimate of drug-likeness (QED) is 0.785. The van der Waals surface area contributed by atoms with Crippen LogP contribution in [0.25, 0.3) is 10.9 Å². The second kappa shape index (κ2) is 6.14. The molecule has 1 aromatic heterocycles. The number of anilines is 2. The van der Waals surface area contributed by atoms with Gasteiger partial charge in [-0.1, -0.05) is 0 Å². The van der Waals surface area contributed by atoms with E-state index in [1.165, 1.54) is 0 Å². The first-order chi connectivity index (χ1) is 13.4. The first kappa shape index (κ1) is 19.6. The Hall–Kier alpha value is -2.71. The minimum Gasteiger partial charge on any atom is -0.444 e. The predicted octanol–water partition coefficient (Wildman–Crippen LogP) is 3.16. The van der Waals surface area contributed by atoms with Crippen LogP contribution in [0.1, 0.15) is 32.2 Å². The highest BCUT2D eigenvalue weighted by atomic mass is 19.1. The molecule has 1 amide bonds. The van der Waals surface area contributed by atoms with Crippen LogP contribution in [-0.4, -0.2) is 52.7 Å². The molecular weight excluding hydrogens is 380 g/mol. The van der Waals surface area contributed by atoms with E-state index in [1.807, 2.05) is 20.8 Å². The van der Waals surface area contributed by atoms with E-state index in [0.29, 0.717) is 32.0 Å². The summed E-state index contributed by atoms with van der Waals surface area (Å²) in [5.74, 6) is -0.967. The van der Waals surface area contributed by atoms with Gasteiger partial charge < -0.3 is 20.3 Å². The van der Waals surface area contributed by atoms with Crippen LogP contribution in [0.4, 0.5) is 25.1 Å². The van der Waals surface area contributed by atoms with Crippen molar-refractivity contribution < 1.29 is 18.3 Å². The van der Waals surface area contributed by atoms with Crippen LogP contribution in [0.5, 0.6) is 0 Å². The lowest BCUT2D eigenvalue weighted by atomic mass is 9.72. The molecule has 0 saturated carbocycles. The Morgan fingerprint density at radius 2 is 1.72 bits per heavy atom. The van der Waals surface area contributed by atoms with Crippen molar-refractivity contribution in [1.29, 1.82) is 0 Å². The van der Waals surface area contributed by atoms with Gasteiger partial charge in [0.05, 0.1) is 5.39 Å². The summed E-state index contributed by atoms with van der Waals surface area (Å²) in [6.07, 6.45) is -0.358. The number of halogens is 2. The first-order valence-electron chi connectivity index (χ1n) is 9.55. The van der Waals surface area contributed by atoms with Crippen molar-refractivity contribution in [2.24, 2.45) is 5.41 Å². The van der Waals surface area contributed by atoms with Crippen LogP contribution in [0, 0.1) is 30.9 Å². The van der Waals surface area contributed by atoms with E-state index in [0.717, 1.165) is 0 Å². The predicted molar refractivity (Wildman–Crippen MR) is 106 cm³/mol. The van der Waals surface area contributed by atoms with E-state index < -0.39 is 17.2 Å². The lowest BCUT2D eigenvalue weighted by molar-refractivity contribution is -0.0456. The summed E-state index contributed by atoms with van der Waals surface area (Å²) in [6, 6.07) is 0. The fraction of sp³-hybridized carbons (Fsp3) is 0.550. The molecule has 29 heavy (non-hydrogen) atoms. The number of fused-ring (bicyclic) bond motifs is 1. The number of rotatable bonds is 1. The zero-order valence-corrected chi connectivity index (χ0v) is 17.3. The number of hydrogen-bond donors (Lipinski definition) is 1. The number of nitrogens with two attached hydrogens (primary N) is 1. The van der Waals surface area contributed by atoms with Crippen LogP contribution in [0.3, 0.4) is 0 Å². The van der Waals surface area contributed by atoms with E-state index in [-0.39, 0.29) is 39.5 Å². The van der Waals surface area contributed by atoms with Crippen molar-refractivity contribution in [3.63, 3.8) is 0 Å². The average molecular weight is 405 g/mol. The Balaban J connectivity index is 1.55. The average Bonchev–Trinajstić information content (AvgIpc) is 2.50. The molecule has 0 radical (unpaired) electrons. The van der Waals surface area contributed by atoms with Crippen molar-refractivity contribution in [3.05, 3.63) is 23.0 Å². The summed E-state index contributed by atoms with van der Waals surface area (Å²) in [7, 11) is 0. The van der Waals surface area contributed by atoms with Gasteiger partial charge >= 0.3 is 6.09 Å². The summed E-state index contributed by atoms with van der Waals surface area (Å²) >= 11 is 0. The first-order valence-corrected chi connectivity index (χ1v) is 9.55. The van der Waals surface area contributed by atoms with Gasteiger partial charge in [0, 0.05) is 37.2 Å². The van der Waals surface area contributed by atoms with Crippen LogP contribution in [-0.2, 0) is 4.74 Å². The van der Waals surface area contributed by atoms with Gasteiger partial charge in [0.2, 0.25) is 0 Å². The number of amides is 1. The third-order valence-electron chi connectivity index (χ3n) is 5.45. The molecule has 2 saturated heterocycles. The van der Waals surface area contributed by atoms with Gasteiger partial charge in [0.1, 0.15) is 28.4 Å². The highest BCUT2D eigenvalue weighted by Crippen LogP contribution is 2.45. The largest absolute Gasteiger partial charge is 0.444 e. The third kappa shape index (κ3) is 3.12. The number of hydrogen-bond acceptors (Lipinski definition) is 6. The van der Waals surface area contributed by atoms with Gasteiger partial charge in [-0.15, -0.1) is 0 Å². The van der Waals surface area contributed by atoms with Gasteiger partial charge in [0.15, 0.2) is 11.6 Å². The molecule has 2 fully saturated rings. The summed E-state index contributed by atoms with van der Waals surface area (Å²) < 4.78 is 35.6. The van der Waals surface area contributed by atoms with Crippen molar-refractivity contribution in [3.8, 4) is 0 Å². The summed E-state index contributed by atoms with van der Waals surface area (Å²) in [5.41, 5.74) is 5.36. The highest BCUT2D eigenvalue weighted by Gasteiger charge is 2.55. The third-order valence-corrected chi connectivity index (χ3v) is 5.45. The molecule has 0 bridgehead atoms. The lowest BCUT2D eigenvalue weighted by Gasteiger charge is -2.60. The second-order valence-corrected chi connectivity index (χ2v) is 9.17. The van der Waals surface area contributed by atoms with Gasteiger partial charge in [0.25, 0.3) is 0 Å². The summed E-state index contributed by atoms with van der Waals surface area (Å²) in [6.45, 7) is 10.6. The molecule has 2 aliphatic rings. The number of aryl methyl sites for hydroxylation is 2. The number of nitrogen functional groups attached to an aromatic ring is 1. The molecule has 2 aromatic rings. The number of carbonyl (C=O) groups excluding carboxylic acids is 1. The van der Waals surface area contributed by atoms with Gasteiger partial charge in [-0.25, -0.2) is 23.5 Å². The molecule has 2 aliphatic heterocycles. The molecule has 2 N–H and O–H groups in total. The highest BCUT2D eigenvalue weighted by molar-refractivity contribution is 5.94. The number of ether oxygens (including phenoxy) is 1. The molecule has 1 aromatic carbocycles. The Morgan fingerprint density at radius 1 is 1.10 bits per heavy atom. The van der Waals surface area contributed by atoms with Crippen molar-refractivity contribution in [1.82, 2.24) is 14.9 Å². The molecule has 156 valence electrons. The van der Waals surface area contributed by atoms with E-state index in [2.05, 4.69) is 9.97 Å². The molecule has 0 unspecified atom stereocenters. The molecule has 7 nitrogen and oxygen atoms in total. The maximum atomic E-state index is 15.2. The zero-order valence-electron chi connectivity index (χ0n) is 17.3. The minimum absolute atomic E-state index is 0.0360. The monoisotopic (exact) mass is 405 g/mol. The molecule has 0 aliphatic carbocycles. The van der Waals surface area contributed by atoms with Gasteiger partial charge in [-0.2, -0.15) is 0 Å². The topological polar surface area (TPSA) is 84.6 Å². The van der Waals surface area contributed by atoms with Crippen LogP contribution in [0.2, 0.25) is 0 Å². The normalized spacial score (nSPS) is 18.0. The number of benzene rings is 1. The number of nitrogens with zero attached hydrogens (tertiary/aromatic N) is 4. The number of aromatic nitrogens is 2. The Labute approximate surface area is 167 Å². The zero-order chi connectivity index (χ0) is 21.3. The maximum Gasteiger partial charge on any atom is 0.410 e. The van der Waals surface area contributed by atoms with Crippen molar-refractivity contribution >= 4 is 28.5 Å². The number of likely N-dealkylation sites (tertiary alicyclic amines) is 1. The smallest absolute Gasteiger partial charge is 0.410 e. The maximum absolute atomic E-state index is 15.2. The van der Waals surface area contributed by atoms with E-state index >= 15 is 8.78 Å². The Kier molecular flexibility index (Phi) is 4.15. The van der Waals surface area contributed by atoms with Crippen LogP contribution < -0.4 is 10.6 Å². The lowest BCUT2D eigenvalue weighted by Crippen LogP contribution is -2.73. The second-order valence-electron chi connectivity index (χ2n) is 9.17. The fourth-order valence-electron chi connectivity index (χ4n) is 4.24. The van der Waals surface area contributed by atoms with Gasteiger partial charge in [-0.05, 0) is 34.6 Å². The van der Waals surface area contributed by atoms with Gasteiger partial charge in [-0.3, -0.25) is 0 Å². The molecule has 0 atom stereocenters. The Bertz CT molecular complexity index is 1020. The standard InChI is InChI=1S/C20H25F2N5O2/c1-10-12-15(24-11(2)25-17(12)23)14(22)16(13(10)21)26-6-20(7-26)8-27(9-20)18(28)29-19(3,4)5/h6-9H2,1-5H3,(H2,23,24,25). The number of carbonyl (C=O) groups is 1. The van der Waals surface area contributed by atoms with E-state index in [4.69, 9.17) is 10.5 Å². The molecule has 4 rings (SSSR count). The molecular formula is C20H25F2N5O2. The van der Waals surface area contributed by atoms with Crippen molar-refractivity contribution in [2.45, 2.75) is 40.2 Å². The van der Waals surface area contributed by atoms with Crippen LogP contribution in [0.15, 0.2) is 0 Å². The van der Waals surface area contributed by atoms with Crippen LogP contribution >= 0.6 is 0 Å². The van der Waals surface area contributed by atoms with E-state index in [9.17, 15) is 4.79 Å². The Morgan fingerprint density at radius 3 is 2.31 bits per heavy atom. The fourth-order valence-corrected chi connectivity index (χ4v) is 4.24. The van der Waals surface area contributed by atoms with Crippen molar-refractivity contribution in [2.75, 3.05) is 36.8 Å². The SMILES string of the molecule is Cc1nc(N)c2c(C)c(F)c(N3CC4(CN(C(=O)OC(C)(C)C)C4)C3)c(F)c2n1. The minimum atomic E-state index is -0.724. The molecule has 1 spiro atoms. The van der Waals surface area contributed by atoms with E-state index in [1.54, 1.807) is 23.6 Å².